The highest BCUT2D eigenvalue weighted by molar-refractivity contribution is 5.34. The zero-order chi connectivity index (χ0) is 16.6. The van der Waals surface area contributed by atoms with Gasteiger partial charge in [-0.1, -0.05) is 78.1 Å². The molecular weight excluding hydrogens is 288 g/mol. The Bertz CT molecular complexity index is 327. The summed E-state index contributed by atoms with van der Waals surface area (Å²) in [4.78, 5) is 0. The monoisotopic (exact) mass is 324 g/mol. The second-order valence-corrected chi connectivity index (χ2v) is 6.33. The standard InChI is InChI=1S/C20H36O3/c1-3-5-7-9-11-13-15-22-19-17-21-18-20(19)23-16-14-12-10-8-6-4-2/h17-18H,3-16H2,1-2H3. The van der Waals surface area contributed by atoms with E-state index in [1.54, 1.807) is 12.5 Å². The van der Waals surface area contributed by atoms with Gasteiger partial charge in [0.1, 0.15) is 12.5 Å². The van der Waals surface area contributed by atoms with E-state index in [4.69, 9.17) is 13.9 Å². The fraction of sp³-hybridized carbons (Fsp3) is 0.800. The van der Waals surface area contributed by atoms with Crippen LogP contribution < -0.4 is 9.47 Å². The van der Waals surface area contributed by atoms with Crippen LogP contribution in [0.5, 0.6) is 11.5 Å². The minimum Gasteiger partial charge on any atom is -0.487 e. The van der Waals surface area contributed by atoms with Crippen LogP contribution >= 0.6 is 0 Å². The van der Waals surface area contributed by atoms with Crippen LogP contribution in [0, 0.1) is 0 Å². The smallest absolute Gasteiger partial charge is 0.199 e. The molecule has 0 amide bonds. The Hall–Kier alpha value is -1.12. The van der Waals surface area contributed by atoms with E-state index in [0.29, 0.717) is 0 Å². The van der Waals surface area contributed by atoms with Crippen molar-refractivity contribution < 1.29 is 13.9 Å². The molecule has 1 rings (SSSR count). The average Bonchev–Trinajstić information content (AvgIpc) is 3.00. The zero-order valence-corrected chi connectivity index (χ0v) is 15.3. The number of hydrogen-bond acceptors (Lipinski definition) is 3. The van der Waals surface area contributed by atoms with Gasteiger partial charge in [0.15, 0.2) is 11.5 Å². The number of ether oxygens (including phenoxy) is 2. The Morgan fingerprint density at radius 2 is 1.00 bits per heavy atom. The molecule has 0 saturated carbocycles. The van der Waals surface area contributed by atoms with Crippen LogP contribution in [0.2, 0.25) is 0 Å². The average molecular weight is 325 g/mol. The van der Waals surface area contributed by atoms with Crippen molar-refractivity contribution in [3.8, 4) is 11.5 Å². The van der Waals surface area contributed by atoms with Crippen LogP contribution in [-0.2, 0) is 0 Å². The maximum Gasteiger partial charge on any atom is 0.199 e. The molecule has 0 aliphatic heterocycles. The number of unbranched alkanes of at least 4 members (excludes halogenated alkanes) is 10. The second kappa shape index (κ2) is 14.5. The van der Waals surface area contributed by atoms with Gasteiger partial charge in [-0.15, -0.1) is 0 Å². The third-order valence-corrected chi connectivity index (χ3v) is 4.10. The lowest BCUT2D eigenvalue weighted by molar-refractivity contribution is 0.260. The molecular formula is C20H36O3. The summed E-state index contributed by atoms with van der Waals surface area (Å²) < 4.78 is 16.8. The molecule has 1 heterocycles. The van der Waals surface area contributed by atoms with E-state index in [0.717, 1.165) is 37.6 Å². The van der Waals surface area contributed by atoms with E-state index < -0.39 is 0 Å². The first-order valence-corrected chi connectivity index (χ1v) is 9.70. The summed E-state index contributed by atoms with van der Waals surface area (Å²) >= 11 is 0. The Morgan fingerprint density at radius 1 is 0.609 bits per heavy atom. The molecule has 0 saturated heterocycles. The maximum absolute atomic E-state index is 5.78. The summed E-state index contributed by atoms with van der Waals surface area (Å²) in [5.74, 6) is 1.51. The number of hydrogen-bond donors (Lipinski definition) is 0. The summed E-state index contributed by atoms with van der Waals surface area (Å²) in [6.07, 6.45) is 18.6. The quantitative estimate of drug-likeness (QED) is 0.315. The highest BCUT2D eigenvalue weighted by Crippen LogP contribution is 2.28. The molecule has 0 aliphatic rings. The molecule has 0 aromatic carbocycles. The van der Waals surface area contributed by atoms with Crippen LogP contribution in [-0.4, -0.2) is 13.2 Å². The van der Waals surface area contributed by atoms with Crippen LogP contribution in [0.4, 0.5) is 0 Å². The van der Waals surface area contributed by atoms with Gasteiger partial charge in [0.05, 0.1) is 13.2 Å². The lowest BCUT2D eigenvalue weighted by atomic mass is 10.1. The molecule has 1 aromatic heterocycles. The molecule has 1 aromatic rings. The van der Waals surface area contributed by atoms with E-state index >= 15 is 0 Å². The first-order chi connectivity index (χ1) is 11.4. The molecule has 23 heavy (non-hydrogen) atoms. The molecule has 0 N–H and O–H groups in total. The number of furan rings is 1. The fourth-order valence-electron chi connectivity index (χ4n) is 2.61. The van der Waals surface area contributed by atoms with Crippen molar-refractivity contribution in [3.05, 3.63) is 12.5 Å². The molecule has 3 heteroatoms. The lowest BCUT2D eigenvalue weighted by Crippen LogP contribution is -2.01. The molecule has 134 valence electrons. The highest BCUT2D eigenvalue weighted by atomic mass is 16.5. The molecule has 0 bridgehead atoms. The van der Waals surface area contributed by atoms with Crippen LogP contribution in [0.15, 0.2) is 16.9 Å². The van der Waals surface area contributed by atoms with Gasteiger partial charge in [-0.3, -0.25) is 0 Å². The SMILES string of the molecule is CCCCCCCCOc1cocc1OCCCCCCCC. The Labute approximate surface area is 142 Å². The largest absolute Gasteiger partial charge is 0.487 e. The minimum absolute atomic E-state index is 0.749. The Morgan fingerprint density at radius 3 is 1.43 bits per heavy atom. The molecule has 3 nitrogen and oxygen atoms in total. The summed E-state index contributed by atoms with van der Waals surface area (Å²) in [7, 11) is 0. The van der Waals surface area contributed by atoms with E-state index in [9.17, 15) is 0 Å². The van der Waals surface area contributed by atoms with Crippen LogP contribution in [0.1, 0.15) is 90.9 Å². The molecule has 0 atom stereocenters. The van der Waals surface area contributed by atoms with E-state index in [1.807, 2.05) is 0 Å². The third kappa shape index (κ3) is 10.3. The van der Waals surface area contributed by atoms with E-state index in [2.05, 4.69) is 13.8 Å². The first-order valence-electron chi connectivity index (χ1n) is 9.70. The normalized spacial score (nSPS) is 10.9. The molecule has 0 radical (unpaired) electrons. The molecule has 0 fully saturated rings. The van der Waals surface area contributed by atoms with Crippen molar-refractivity contribution in [2.45, 2.75) is 90.9 Å². The van der Waals surface area contributed by atoms with Crippen molar-refractivity contribution >= 4 is 0 Å². The summed E-state index contributed by atoms with van der Waals surface area (Å²) in [5.41, 5.74) is 0. The Balaban J connectivity index is 2.04. The molecule has 0 aliphatic carbocycles. The van der Waals surface area contributed by atoms with Crippen LogP contribution in [0.3, 0.4) is 0 Å². The van der Waals surface area contributed by atoms with Crippen molar-refractivity contribution in [1.29, 1.82) is 0 Å². The van der Waals surface area contributed by atoms with Gasteiger partial charge in [0.25, 0.3) is 0 Å². The van der Waals surface area contributed by atoms with E-state index in [1.165, 1.54) is 64.2 Å². The zero-order valence-electron chi connectivity index (χ0n) is 15.3. The first kappa shape index (κ1) is 19.9. The van der Waals surface area contributed by atoms with Crippen molar-refractivity contribution in [2.75, 3.05) is 13.2 Å². The number of rotatable bonds is 16. The summed E-state index contributed by atoms with van der Waals surface area (Å²) in [6, 6.07) is 0. The molecule has 0 spiro atoms. The Kier molecular flexibility index (Phi) is 12.5. The lowest BCUT2D eigenvalue weighted by Gasteiger charge is -2.08. The van der Waals surface area contributed by atoms with Gasteiger partial charge in [-0.2, -0.15) is 0 Å². The van der Waals surface area contributed by atoms with Crippen LogP contribution in [0.25, 0.3) is 0 Å². The van der Waals surface area contributed by atoms with Crippen molar-refractivity contribution in [3.63, 3.8) is 0 Å². The summed E-state index contributed by atoms with van der Waals surface area (Å²) in [5, 5.41) is 0. The minimum atomic E-state index is 0.749. The predicted octanol–water partition coefficient (Wildman–Crippen LogP) is 6.76. The fourth-order valence-corrected chi connectivity index (χ4v) is 2.61. The van der Waals surface area contributed by atoms with Gasteiger partial charge in [-0.25, -0.2) is 0 Å². The maximum atomic E-state index is 5.78. The van der Waals surface area contributed by atoms with Gasteiger partial charge in [0.2, 0.25) is 0 Å². The predicted molar refractivity (Wildman–Crippen MR) is 96.5 cm³/mol. The van der Waals surface area contributed by atoms with Crippen molar-refractivity contribution in [2.24, 2.45) is 0 Å². The van der Waals surface area contributed by atoms with Gasteiger partial charge in [0, 0.05) is 0 Å². The van der Waals surface area contributed by atoms with E-state index in [-0.39, 0.29) is 0 Å². The topological polar surface area (TPSA) is 31.6 Å². The third-order valence-electron chi connectivity index (χ3n) is 4.10. The van der Waals surface area contributed by atoms with Crippen molar-refractivity contribution in [1.82, 2.24) is 0 Å². The highest BCUT2D eigenvalue weighted by Gasteiger charge is 2.07. The van der Waals surface area contributed by atoms with Gasteiger partial charge < -0.3 is 13.9 Å². The van der Waals surface area contributed by atoms with Gasteiger partial charge in [-0.05, 0) is 12.8 Å². The van der Waals surface area contributed by atoms with Gasteiger partial charge >= 0.3 is 0 Å². The molecule has 0 unspecified atom stereocenters. The second-order valence-electron chi connectivity index (χ2n) is 6.33. The summed E-state index contributed by atoms with van der Waals surface area (Å²) in [6.45, 7) is 5.99.